The maximum absolute atomic E-state index is 12.7. The van der Waals surface area contributed by atoms with E-state index in [2.05, 4.69) is 14.1 Å². The molecule has 0 aliphatic carbocycles. The molecule has 1 aromatic carbocycles. The molecule has 1 fully saturated rings. The van der Waals surface area contributed by atoms with Gasteiger partial charge in [0.2, 0.25) is 11.0 Å². The van der Waals surface area contributed by atoms with Crippen molar-refractivity contribution in [1.29, 1.82) is 0 Å². The zero-order chi connectivity index (χ0) is 19.6. The number of anilines is 1. The van der Waals surface area contributed by atoms with Gasteiger partial charge >= 0.3 is 0 Å². The maximum atomic E-state index is 12.7. The predicted octanol–water partition coefficient (Wildman–Crippen LogP) is 3.51. The number of halogens is 2. The van der Waals surface area contributed by atoms with Gasteiger partial charge < -0.3 is 4.90 Å². The Morgan fingerprint density at radius 2 is 1.96 bits per heavy atom. The molecule has 1 aliphatic heterocycles. The van der Waals surface area contributed by atoms with Gasteiger partial charge in [0.1, 0.15) is 4.90 Å². The van der Waals surface area contributed by atoms with Gasteiger partial charge in [0, 0.05) is 29.6 Å². The first-order chi connectivity index (χ1) is 12.8. The molecule has 1 N–H and O–H groups in total. The highest BCUT2D eigenvalue weighted by molar-refractivity contribution is 7.93. The topological polar surface area (TPSA) is 92.3 Å². The van der Waals surface area contributed by atoms with Crippen molar-refractivity contribution in [2.75, 3.05) is 17.8 Å². The number of sulfonamides is 1. The fourth-order valence-electron chi connectivity index (χ4n) is 2.95. The van der Waals surface area contributed by atoms with Gasteiger partial charge in [-0.1, -0.05) is 23.2 Å². The number of likely N-dealkylation sites (tertiary alicyclic amines) is 1. The van der Waals surface area contributed by atoms with E-state index in [4.69, 9.17) is 23.2 Å². The highest BCUT2D eigenvalue weighted by atomic mass is 35.5. The molecule has 1 aliphatic rings. The number of nitrogens with zero attached hydrogens (tertiary/aromatic N) is 3. The fraction of sp³-hybridized carbons (Fsp3) is 0.438. The van der Waals surface area contributed by atoms with Gasteiger partial charge in [0.25, 0.3) is 10.0 Å². The van der Waals surface area contributed by atoms with Gasteiger partial charge in [-0.3, -0.25) is 9.52 Å². The van der Waals surface area contributed by atoms with Crippen LogP contribution in [-0.4, -0.2) is 41.7 Å². The smallest absolute Gasteiger partial charge is 0.265 e. The minimum atomic E-state index is -3.96. The minimum absolute atomic E-state index is 0.0255. The van der Waals surface area contributed by atoms with Crippen molar-refractivity contribution in [1.82, 2.24) is 14.3 Å². The lowest BCUT2D eigenvalue weighted by molar-refractivity contribution is -0.131. The van der Waals surface area contributed by atoms with Crippen LogP contribution >= 0.6 is 34.7 Å². The summed E-state index contributed by atoms with van der Waals surface area (Å²) in [7, 11) is -3.96. The van der Waals surface area contributed by atoms with Crippen LogP contribution in [0.2, 0.25) is 10.0 Å². The molecule has 0 spiro atoms. The number of benzene rings is 1. The summed E-state index contributed by atoms with van der Waals surface area (Å²) < 4.78 is 31.8. The van der Waals surface area contributed by atoms with Crippen molar-refractivity contribution in [3.8, 4) is 0 Å². The Labute approximate surface area is 171 Å². The molecule has 11 heteroatoms. The minimum Gasteiger partial charge on any atom is -0.342 e. The van der Waals surface area contributed by atoms with E-state index < -0.39 is 10.0 Å². The molecule has 0 unspecified atom stereocenters. The largest absolute Gasteiger partial charge is 0.342 e. The maximum Gasteiger partial charge on any atom is 0.265 e. The summed E-state index contributed by atoms with van der Waals surface area (Å²) >= 11 is 12.8. The monoisotopic (exact) mass is 448 g/mol. The van der Waals surface area contributed by atoms with Crippen molar-refractivity contribution < 1.29 is 13.2 Å². The van der Waals surface area contributed by atoms with E-state index in [0.29, 0.717) is 16.4 Å². The Bertz CT molecular complexity index is 933. The number of carbonyl (C=O) groups is 1. The summed E-state index contributed by atoms with van der Waals surface area (Å²) in [5, 5.41) is 0.463. The van der Waals surface area contributed by atoms with Gasteiger partial charge in [-0.25, -0.2) is 13.4 Å². The molecule has 0 saturated carbocycles. The molecule has 0 bridgehead atoms. The Hall–Kier alpha value is -1.42. The molecule has 7 nitrogen and oxygen atoms in total. The Morgan fingerprint density at radius 3 is 2.63 bits per heavy atom. The summed E-state index contributed by atoms with van der Waals surface area (Å²) in [5.74, 6) is 0.255. The number of amides is 1. The van der Waals surface area contributed by atoms with Crippen LogP contribution < -0.4 is 4.72 Å². The van der Waals surface area contributed by atoms with Crippen molar-refractivity contribution in [3.63, 3.8) is 0 Å². The lowest BCUT2D eigenvalue weighted by Crippen LogP contribution is -2.36. The first-order valence-corrected chi connectivity index (χ1v) is 11.4. The van der Waals surface area contributed by atoms with E-state index in [1.54, 1.807) is 11.8 Å². The molecule has 1 saturated heterocycles. The van der Waals surface area contributed by atoms with Crippen LogP contribution in [0.5, 0.6) is 0 Å². The van der Waals surface area contributed by atoms with Gasteiger partial charge in [-0.05, 0) is 43.9 Å². The van der Waals surface area contributed by atoms with E-state index in [9.17, 15) is 13.2 Å². The fourth-order valence-corrected chi connectivity index (χ4v) is 5.95. The second-order valence-electron chi connectivity index (χ2n) is 6.27. The third-order valence-corrected chi connectivity index (χ3v) is 7.14. The second kappa shape index (κ2) is 8.30. The van der Waals surface area contributed by atoms with E-state index in [1.807, 2.05) is 0 Å². The lowest BCUT2D eigenvalue weighted by Gasteiger charge is -2.26. The molecular formula is C16H18Cl2N4O3S2. The summed E-state index contributed by atoms with van der Waals surface area (Å²) in [6, 6.07) is 2.89. The highest BCUT2D eigenvalue weighted by Crippen LogP contribution is 2.30. The number of hydrogen-bond acceptors (Lipinski definition) is 6. The van der Waals surface area contributed by atoms with Crippen LogP contribution in [0.3, 0.4) is 0 Å². The number of hydrogen-bond donors (Lipinski definition) is 1. The quantitative estimate of drug-likeness (QED) is 0.754. The molecule has 146 valence electrons. The number of carbonyl (C=O) groups excluding carboxylic acids is 1. The zero-order valence-electron chi connectivity index (χ0n) is 14.5. The Morgan fingerprint density at radius 1 is 1.26 bits per heavy atom. The normalized spacial score (nSPS) is 15.0. The van der Waals surface area contributed by atoms with Crippen molar-refractivity contribution in [2.24, 2.45) is 0 Å². The molecule has 2 heterocycles. The third-order valence-electron chi connectivity index (χ3n) is 4.17. The standard InChI is InChI=1S/C16H18Cl2N4O3S2/c1-10-7-11(17)8-12(18)15(10)27(24,25)21-16-19-13(20-26-16)9-14(23)22-5-3-2-4-6-22/h7-8H,2-6,9H2,1H3,(H,19,20,21). The van der Waals surface area contributed by atoms with Crippen LogP contribution in [0.15, 0.2) is 17.0 Å². The van der Waals surface area contributed by atoms with Crippen LogP contribution in [0, 0.1) is 6.92 Å². The van der Waals surface area contributed by atoms with Crippen LogP contribution in [-0.2, 0) is 21.2 Å². The number of aryl methyl sites for hydroxylation is 1. The van der Waals surface area contributed by atoms with Crippen LogP contribution in [0.1, 0.15) is 30.7 Å². The number of piperidine rings is 1. The molecule has 3 rings (SSSR count). The van der Waals surface area contributed by atoms with Gasteiger partial charge in [0.15, 0.2) is 5.82 Å². The van der Waals surface area contributed by atoms with Crippen molar-refractivity contribution in [3.05, 3.63) is 33.6 Å². The Kier molecular flexibility index (Phi) is 6.25. The van der Waals surface area contributed by atoms with Crippen LogP contribution in [0.4, 0.5) is 5.13 Å². The van der Waals surface area contributed by atoms with E-state index in [0.717, 1.165) is 43.9 Å². The SMILES string of the molecule is Cc1cc(Cl)cc(Cl)c1S(=O)(=O)Nc1nc(CC(=O)N2CCCCC2)ns1. The summed E-state index contributed by atoms with van der Waals surface area (Å²) in [6.07, 6.45) is 3.20. The second-order valence-corrected chi connectivity index (χ2v) is 9.49. The zero-order valence-corrected chi connectivity index (χ0v) is 17.7. The summed E-state index contributed by atoms with van der Waals surface area (Å²) in [6.45, 7) is 3.10. The van der Waals surface area contributed by atoms with Crippen molar-refractivity contribution >= 4 is 55.8 Å². The van der Waals surface area contributed by atoms with Gasteiger partial charge in [0.05, 0.1) is 11.4 Å². The van der Waals surface area contributed by atoms with E-state index in [-0.39, 0.29) is 27.4 Å². The highest BCUT2D eigenvalue weighted by Gasteiger charge is 2.24. The summed E-state index contributed by atoms with van der Waals surface area (Å²) in [4.78, 5) is 18.2. The molecule has 1 amide bonds. The predicted molar refractivity (Wildman–Crippen MR) is 106 cm³/mol. The molecule has 2 aromatic rings. The van der Waals surface area contributed by atoms with E-state index in [1.165, 1.54) is 12.1 Å². The van der Waals surface area contributed by atoms with Crippen molar-refractivity contribution in [2.45, 2.75) is 37.5 Å². The average Bonchev–Trinajstić information content (AvgIpc) is 3.00. The average molecular weight is 449 g/mol. The number of aromatic nitrogens is 2. The number of nitrogens with one attached hydrogen (secondary N) is 1. The molecular weight excluding hydrogens is 431 g/mol. The lowest BCUT2D eigenvalue weighted by atomic mass is 10.1. The Balaban J connectivity index is 1.72. The van der Waals surface area contributed by atoms with Gasteiger partial charge in [-0.15, -0.1) is 0 Å². The molecule has 1 aromatic heterocycles. The number of rotatable bonds is 5. The first-order valence-electron chi connectivity index (χ1n) is 8.35. The third kappa shape index (κ3) is 4.90. The van der Waals surface area contributed by atoms with Gasteiger partial charge in [-0.2, -0.15) is 4.37 Å². The molecule has 0 atom stereocenters. The summed E-state index contributed by atoms with van der Waals surface area (Å²) in [5.41, 5.74) is 0.421. The molecule has 0 radical (unpaired) electrons. The first kappa shape index (κ1) is 20.3. The van der Waals surface area contributed by atoms with E-state index >= 15 is 0 Å². The van der Waals surface area contributed by atoms with Crippen LogP contribution in [0.25, 0.3) is 0 Å². The molecule has 27 heavy (non-hydrogen) atoms.